The van der Waals surface area contributed by atoms with Crippen LogP contribution in [0.25, 0.3) is 0 Å². The maximum absolute atomic E-state index is 2.56. The zero-order chi connectivity index (χ0) is 16.6. The molecule has 122 valence electrons. The van der Waals surface area contributed by atoms with Crippen LogP contribution in [0.2, 0.25) is 0 Å². The molecule has 2 heteroatoms. The summed E-state index contributed by atoms with van der Waals surface area (Å²) in [4.78, 5) is 5.13. The zero-order valence-electron chi connectivity index (χ0n) is 15.5. The lowest BCUT2D eigenvalue weighted by molar-refractivity contribution is 0.225. The van der Waals surface area contributed by atoms with Gasteiger partial charge in [-0.3, -0.25) is 0 Å². The van der Waals surface area contributed by atoms with Crippen molar-refractivity contribution in [2.24, 2.45) is 0 Å². The van der Waals surface area contributed by atoms with E-state index < -0.39 is 0 Å². The molecule has 0 spiro atoms. The summed E-state index contributed by atoms with van der Waals surface area (Å²) in [5, 5.41) is 0. The molecular formula is C20H32N2. The van der Waals surface area contributed by atoms with Crippen LogP contribution >= 0.6 is 0 Å². The van der Waals surface area contributed by atoms with E-state index in [9.17, 15) is 0 Å². The Bertz CT molecular complexity index is 480. The van der Waals surface area contributed by atoms with E-state index in [4.69, 9.17) is 0 Å². The van der Waals surface area contributed by atoms with Crippen molar-refractivity contribution in [2.45, 2.75) is 79.6 Å². The van der Waals surface area contributed by atoms with E-state index in [-0.39, 0.29) is 0 Å². The normalized spacial score (nSPS) is 17.1. The predicted molar refractivity (Wildman–Crippen MR) is 96.6 cm³/mol. The second kappa shape index (κ2) is 6.36. The van der Waals surface area contributed by atoms with Crippen molar-refractivity contribution in [1.82, 2.24) is 9.80 Å². The smallest absolute Gasteiger partial charge is 0.0717 e. The molecule has 0 aromatic carbocycles. The summed E-state index contributed by atoms with van der Waals surface area (Å²) in [5.74, 6) is 0. The Kier molecular flexibility index (Phi) is 4.89. The summed E-state index contributed by atoms with van der Waals surface area (Å²) in [6.45, 7) is 18.3. The van der Waals surface area contributed by atoms with Crippen molar-refractivity contribution in [3.8, 4) is 0 Å². The average molecular weight is 300 g/mol. The van der Waals surface area contributed by atoms with E-state index in [0.29, 0.717) is 24.2 Å². The zero-order valence-corrected chi connectivity index (χ0v) is 15.5. The van der Waals surface area contributed by atoms with Crippen LogP contribution < -0.4 is 0 Å². The highest BCUT2D eigenvalue weighted by Gasteiger charge is 2.43. The minimum absolute atomic E-state index is 0.513. The third-order valence-electron chi connectivity index (χ3n) is 4.33. The molecule has 2 aliphatic carbocycles. The Morgan fingerprint density at radius 1 is 0.591 bits per heavy atom. The maximum Gasteiger partial charge on any atom is 0.0717 e. The number of hydrogen-bond donors (Lipinski definition) is 0. The van der Waals surface area contributed by atoms with E-state index >= 15 is 0 Å². The molecular weight excluding hydrogens is 268 g/mol. The Labute approximate surface area is 136 Å². The molecule has 0 aromatic heterocycles. The van der Waals surface area contributed by atoms with Gasteiger partial charge in [0.15, 0.2) is 0 Å². The average Bonchev–Trinajstić information content (AvgIpc) is 2.86. The van der Waals surface area contributed by atoms with Crippen LogP contribution in [-0.4, -0.2) is 34.0 Å². The Morgan fingerprint density at radius 3 is 1.18 bits per heavy atom. The molecule has 2 nitrogen and oxygen atoms in total. The van der Waals surface area contributed by atoms with E-state index in [0.717, 1.165) is 0 Å². The van der Waals surface area contributed by atoms with Crippen molar-refractivity contribution < 1.29 is 0 Å². The highest BCUT2D eigenvalue weighted by molar-refractivity contribution is 5.71. The Hall–Kier alpha value is -1.44. The molecule has 0 aliphatic heterocycles. The highest BCUT2D eigenvalue weighted by Crippen LogP contribution is 2.49. The minimum Gasteiger partial charge on any atom is -0.364 e. The predicted octanol–water partition coefficient (Wildman–Crippen LogP) is 4.87. The van der Waals surface area contributed by atoms with Gasteiger partial charge in [-0.1, -0.05) is 24.3 Å². The minimum atomic E-state index is 0.513. The summed E-state index contributed by atoms with van der Waals surface area (Å²) < 4.78 is 0. The lowest BCUT2D eigenvalue weighted by Gasteiger charge is -2.32. The molecule has 0 bridgehead atoms. The van der Waals surface area contributed by atoms with Crippen LogP contribution in [0.4, 0.5) is 0 Å². The summed E-state index contributed by atoms with van der Waals surface area (Å²) >= 11 is 0. The fourth-order valence-electron chi connectivity index (χ4n) is 3.71. The van der Waals surface area contributed by atoms with Gasteiger partial charge in [-0.05, 0) is 61.0 Å². The summed E-state index contributed by atoms with van der Waals surface area (Å²) in [7, 11) is 0. The molecule has 2 aliphatic rings. The fraction of sp³-hybridized carbons (Fsp3) is 0.600. The molecule has 0 unspecified atom stereocenters. The number of hydrogen-bond acceptors (Lipinski definition) is 2. The molecule has 0 fully saturated rings. The van der Waals surface area contributed by atoms with E-state index in [1.165, 1.54) is 22.5 Å². The van der Waals surface area contributed by atoms with Gasteiger partial charge in [0.25, 0.3) is 0 Å². The van der Waals surface area contributed by atoms with Crippen LogP contribution in [0.1, 0.15) is 55.4 Å². The van der Waals surface area contributed by atoms with Gasteiger partial charge in [0, 0.05) is 29.7 Å². The maximum atomic E-state index is 2.56. The SMILES string of the molecule is CC(C)N(C1=C(N(C(C)C)C(C)C)C1=C1C=CC=C1)C(C)C. The number of nitrogens with zero attached hydrogens (tertiary/aromatic N) is 2. The standard InChI is InChI=1S/C20H32N2/c1-13(2)21(14(3)4)19-18(17-11-9-10-12-17)20(19)22(15(5)6)16(7)8/h9-16H,1-8H3. The lowest BCUT2D eigenvalue weighted by Crippen LogP contribution is -2.35. The van der Waals surface area contributed by atoms with Crippen molar-refractivity contribution in [2.75, 3.05) is 0 Å². The molecule has 0 heterocycles. The van der Waals surface area contributed by atoms with Gasteiger partial charge in [0.1, 0.15) is 0 Å². The van der Waals surface area contributed by atoms with Gasteiger partial charge in [-0.2, -0.15) is 0 Å². The topological polar surface area (TPSA) is 6.48 Å². The van der Waals surface area contributed by atoms with Crippen molar-refractivity contribution in [1.29, 1.82) is 0 Å². The van der Waals surface area contributed by atoms with E-state index in [1.807, 2.05) is 0 Å². The van der Waals surface area contributed by atoms with Gasteiger partial charge in [0.2, 0.25) is 0 Å². The van der Waals surface area contributed by atoms with Crippen molar-refractivity contribution in [3.63, 3.8) is 0 Å². The summed E-state index contributed by atoms with van der Waals surface area (Å²) in [5.41, 5.74) is 5.73. The lowest BCUT2D eigenvalue weighted by atomic mass is 10.2. The van der Waals surface area contributed by atoms with Crippen LogP contribution in [-0.2, 0) is 0 Å². The fourth-order valence-corrected chi connectivity index (χ4v) is 3.71. The molecule has 0 aromatic rings. The molecule has 0 saturated carbocycles. The van der Waals surface area contributed by atoms with Crippen molar-refractivity contribution >= 4 is 0 Å². The third-order valence-corrected chi connectivity index (χ3v) is 4.33. The van der Waals surface area contributed by atoms with Gasteiger partial charge in [0.05, 0.1) is 11.4 Å². The second-order valence-electron chi connectivity index (χ2n) is 7.44. The highest BCUT2D eigenvalue weighted by atomic mass is 15.3. The first-order valence-electron chi connectivity index (χ1n) is 8.68. The largest absolute Gasteiger partial charge is 0.364 e. The van der Waals surface area contributed by atoms with Gasteiger partial charge in [-0.15, -0.1) is 0 Å². The molecule has 0 N–H and O–H groups in total. The molecule has 22 heavy (non-hydrogen) atoms. The van der Waals surface area contributed by atoms with Gasteiger partial charge >= 0.3 is 0 Å². The van der Waals surface area contributed by atoms with Crippen LogP contribution in [0.3, 0.4) is 0 Å². The first-order valence-corrected chi connectivity index (χ1v) is 8.68. The van der Waals surface area contributed by atoms with Gasteiger partial charge in [-0.25, -0.2) is 0 Å². The second-order valence-corrected chi connectivity index (χ2v) is 7.44. The Morgan fingerprint density at radius 2 is 0.909 bits per heavy atom. The Balaban J connectivity index is 2.50. The summed E-state index contributed by atoms with van der Waals surface area (Å²) in [6, 6.07) is 2.05. The molecule has 0 amide bonds. The quantitative estimate of drug-likeness (QED) is 0.690. The molecule has 2 rings (SSSR count). The van der Waals surface area contributed by atoms with Crippen molar-refractivity contribution in [3.05, 3.63) is 46.8 Å². The monoisotopic (exact) mass is 300 g/mol. The summed E-state index contributed by atoms with van der Waals surface area (Å²) in [6.07, 6.45) is 8.75. The van der Waals surface area contributed by atoms with E-state index in [2.05, 4.69) is 89.5 Å². The van der Waals surface area contributed by atoms with Gasteiger partial charge < -0.3 is 9.80 Å². The third kappa shape index (κ3) is 3.02. The molecule has 0 saturated heterocycles. The first-order chi connectivity index (χ1) is 10.3. The molecule has 0 atom stereocenters. The number of rotatable bonds is 6. The number of allylic oxidation sites excluding steroid dienone is 7. The van der Waals surface area contributed by atoms with E-state index in [1.54, 1.807) is 0 Å². The van der Waals surface area contributed by atoms with Crippen LogP contribution in [0.15, 0.2) is 46.8 Å². The molecule has 0 radical (unpaired) electrons. The van der Waals surface area contributed by atoms with Crippen LogP contribution in [0.5, 0.6) is 0 Å². The van der Waals surface area contributed by atoms with Crippen LogP contribution in [0, 0.1) is 0 Å². The first kappa shape index (κ1) is 16.9.